The normalized spacial score (nSPS) is 19.6. The minimum atomic E-state index is -0.276. The molecule has 0 saturated heterocycles. The predicted octanol–water partition coefficient (Wildman–Crippen LogP) is 1.51. The van der Waals surface area contributed by atoms with E-state index < -0.39 is 0 Å². The Labute approximate surface area is 81.7 Å². The molecule has 0 N–H and O–H groups in total. The Hall–Kier alpha value is -1.58. The van der Waals surface area contributed by atoms with Crippen molar-refractivity contribution in [2.75, 3.05) is 13.2 Å². The average Bonchev–Trinajstić information content (AvgIpc) is 2.17. The highest BCUT2D eigenvalue weighted by atomic mass is 16.6. The number of nitrogens with zero attached hydrogens (tertiary/aromatic N) is 1. The minimum Gasteiger partial charge on any atom is -0.493 e. The molecule has 4 nitrogen and oxygen atoms in total. The van der Waals surface area contributed by atoms with Crippen molar-refractivity contribution in [3.63, 3.8) is 0 Å². The average molecular weight is 193 g/mol. The Balaban J connectivity index is 2.09. The molecule has 1 atom stereocenters. The lowest BCUT2D eigenvalue weighted by molar-refractivity contribution is -0.488. The van der Waals surface area contributed by atoms with E-state index in [4.69, 9.17) is 4.74 Å². The second-order valence-electron chi connectivity index (χ2n) is 3.50. The monoisotopic (exact) mass is 193 g/mol. The van der Waals surface area contributed by atoms with Crippen molar-refractivity contribution in [3.8, 4) is 5.75 Å². The van der Waals surface area contributed by atoms with E-state index in [9.17, 15) is 10.1 Å². The van der Waals surface area contributed by atoms with Crippen LogP contribution in [0.4, 0.5) is 0 Å². The molecule has 2 rings (SSSR count). The summed E-state index contributed by atoms with van der Waals surface area (Å²) < 4.78 is 5.43. The van der Waals surface area contributed by atoms with Crippen LogP contribution in [0.5, 0.6) is 5.75 Å². The standard InChI is InChI=1S/C10H11NO3/c12-11(13)6-8-5-9-3-1-2-4-10(9)14-7-8/h1-4,8H,5-7H2. The molecule has 1 aromatic rings. The number of para-hydroxylation sites is 1. The zero-order valence-electron chi connectivity index (χ0n) is 7.68. The zero-order valence-corrected chi connectivity index (χ0v) is 7.68. The summed E-state index contributed by atoms with van der Waals surface area (Å²) in [6, 6.07) is 7.70. The molecular weight excluding hydrogens is 182 g/mol. The van der Waals surface area contributed by atoms with Crippen LogP contribution >= 0.6 is 0 Å². The summed E-state index contributed by atoms with van der Waals surface area (Å²) in [6.07, 6.45) is 0.747. The van der Waals surface area contributed by atoms with Crippen molar-refractivity contribution >= 4 is 0 Å². The molecule has 1 aliphatic heterocycles. The molecule has 1 heterocycles. The van der Waals surface area contributed by atoms with Gasteiger partial charge in [0.1, 0.15) is 5.75 Å². The van der Waals surface area contributed by atoms with Crippen LogP contribution in [0, 0.1) is 16.0 Å². The van der Waals surface area contributed by atoms with E-state index in [1.165, 1.54) is 0 Å². The third-order valence-electron chi connectivity index (χ3n) is 2.36. The zero-order chi connectivity index (χ0) is 9.97. The Kier molecular flexibility index (Phi) is 2.35. The maximum absolute atomic E-state index is 10.3. The van der Waals surface area contributed by atoms with Crippen LogP contribution in [0.3, 0.4) is 0 Å². The molecule has 4 heteroatoms. The highest BCUT2D eigenvalue weighted by Crippen LogP contribution is 2.26. The van der Waals surface area contributed by atoms with E-state index in [0.29, 0.717) is 6.61 Å². The summed E-state index contributed by atoms with van der Waals surface area (Å²) in [5.41, 5.74) is 1.07. The topological polar surface area (TPSA) is 52.4 Å². The highest BCUT2D eigenvalue weighted by molar-refractivity contribution is 5.34. The molecule has 0 amide bonds. The van der Waals surface area contributed by atoms with Crippen molar-refractivity contribution < 1.29 is 9.66 Å². The summed E-state index contributed by atoms with van der Waals surface area (Å²) in [5.74, 6) is 0.881. The minimum absolute atomic E-state index is 0.00562. The highest BCUT2D eigenvalue weighted by Gasteiger charge is 2.23. The van der Waals surface area contributed by atoms with Gasteiger partial charge in [0, 0.05) is 4.92 Å². The molecule has 0 fully saturated rings. The van der Waals surface area contributed by atoms with Crippen molar-refractivity contribution in [2.24, 2.45) is 5.92 Å². The Bertz CT molecular complexity index is 351. The fourth-order valence-electron chi connectivity index (χ4n) is 1.72. The van der Waals surface area contributed by atoms with Crippen LogP contribution in [-0.4, -0.2) is 18.1 Å². The number of fused-ring (bicyclic) bond motifs is 1. The molecule has 0 saturated carbocycles. The van der Waals surface area contributed by atoms with Gasteiger partial charge < -0.3 is 4.74 Å². The first-order valence-electron chi connectivity index (χ1n) is 4.58. The second-order valence-corrected chi connectivity index (χ2v) is 3.50. The summed E-state index contributed by atoms with van der Waals surface area (Å²) in [6.45, 7) is 0.451. The van der Waals surface area contributed by atoms with Gasteiger partial charge in [0.15, 0.2) is 0 Å². The van der Waals surface area contributed by atoms with Crippen LogP contribution in [0.25, 0.3) is 0 Å². The van der Waals surface area contributed by atoms with Gasteiger partial charge >= 0.3 is 0 Å². The molecule has 0 bridgehead atoms. The van der Waals surface area contributed by atoms with E-state index in [2.05, 4.69) is 0 Å². The summed E-state index contributed by atoms with van der Waals surface area (Å²) >= 11 is 0. The first-order valence-corrected chi connectivity index (χ1v) is 4.58. The molecule has 74 valence electrons. The third-order valence-corrected chi connectivity index (χ3v) is 2.36. The Morgan fingerprint density at radius 1 is 1.50 bits per heavy atom. The molecule has 0 aromatic heterocycles. The van der Waals surface area contributed by atoms with Gasteiger partial charge in [-0.1, -0.05) is 18.2 Å². The van der Waals surface area contributed by atoms with E-state index in [1.807, 2.05) is 24.3 Å². The molecular formula is C10H11NO3. The van der Waals surface area contributed by atoms with Crippen molar-refractivity contribution in [3.05, 3.63) is 39.9 Å². The summed E-state index contributed by atoms with van der Waals surface area (Å²) in [7, 11) is 0. The lowest BCUT2D eigenvalue weighted by Crippen LogP contribution is -2.27. The molecule has 0 aliphatic carbocycles. The Morgan fingerprint density at radius 2 is 2.29 bits per heavy atom. The van der Waals surface area contributed by atoms with Crippen LogP contribution in [-0.2, 0) is 6.42 Å². The van der Waals surface area contributed by atoms with E-state index in [0.717, 1.165) is 17.7 Å². The molecule has 0 spiro atoms. The van der Waals surface area contributed by atoms with Gasteiger partial charge in [-0.2, -0.15) is 0 Å². The first-order chi connectivity index (χ1) is 6.75. The van der Waals surface area contributed by atoms with Crippen LogP contribution in [0.15, 0.2) is 24.3 Å². The molecule has 1 unspecified atom stereocenters. The second kappa shape index (κ2) is 3.65. The SMILES string of the molecule is O=[N+]([O-])CC1COc2ccccc2C1. The predicted molar refractivity (Wildman–Crippen MR) is 51.0 cm³/mol. The number of rotatable bonds is 2. The van der Waals surface area contributed by atoms with E-state index >= 15 is 0 Å². The first kappa shape index (κ1) is 8.99. The maximum atomic E-state index is 10.3. The van der Waals surface area contributed by atoms with Crippen LogP contribution in [0.2, 0.25) is 0 Å². The summed E-state index contributed by atoms with van der Waals surface area (Å²) in [4.78, 5) is 10.1. The van der Waals surface area contributed by atoms with Crippen molar-refractivity contribution in [1.82, 2.24) is 0 Å². The summed E-state index contributed by atoms with van der Waals surface area (Å²) in [5, 5.41) is 10.3. The fraction of sp³-hybridized carbons (Fsp3) is 0.400. The number of ether oxygens (including phenoxy) is 1. The van der Waals surface area contributed by atoms with Gasteiger partial charge in [-0.15, -0.1) is 0 Å². The number of hydrogen-bond donors (Lipinski definition) is 0. The van der Waals surface area contributed by atoms with E-state index in [1.54, 1.807) is 0 Å². The number of nitro groups is 1. The van der Waals surface area contributed by atoms with Gasteiger partial charge in [-0.05, 0) is 18.1 Å². The lowest BCUT2D eigenvalue weighted by Gasteiger charge is -2.22. The smallest absolute Gasteiger partial charge is 0.210 e. The fourth-order valence-corrected chi connectivity index (χ4v) is 1.72. The third kappa shape index (κ3) is 1.84. The van der Waals surface area contributed by atoms with Gasteiger partial charge in [-0.25, -0.2) is 0 Å². The van der Waals surface area contributed by atoms with Gasteiger partial charge in [0.25, 0.3) is 0 Å². The molecule has 1 aliphatic rings. The lowest BCUT2D eigenvalue weighted by atomic mass is 9.97. The number of hydrogen-bond acceptors (Lipinski definition) is 3. The molecule has 1 aromatic carbocycles. The van der Waals surface area contributed by atoms with Crippen LogP contribution < -0.4 is 4.74 Å². The molecule has 14 heavy (non-hydrogen) atoms. The number of benzene rings is 1. The maximum Gasteiger partial charge on any atom is 0.210 e. The van der Waals surface area contributed by atoms with Gasteiger partial charge in [0.05, 0.1) is 12.5 Å². The van der Waals surface area contributed by atoms with Crippen molar-refractivity contribution in [1.29, 1.82) is 0 Å². The van der Waals surface area contributed by atoms with Crippen LogP contribution in [0.1, 0.15) is 5.56 Å². The molecule has 0 radical (unpaired) electrons. The van der Waals surface area contributed by atoms with Crippen molar-refractivity contribution in [2.45, 2.75) is 6.42 Å². The van der Waals surface area contributed by atoms with Gasteiger partial charge in [0.2, 0.25) is 6.54 Å². The Morgan fingerprint density at radius 3 is 3.07 bits per heavy atom. The van der Waals surface area contributed by atoms with E-state index in [-0.39, 0.29) is 17.4 Å². The van der Waals surface area contributed by atoms with Gasteiger partial charge in [-0.3, -0.25) is 10.1 Å². The quantitative estimate of drug-likeness (QED) is 0.528. The largest absolute Gasteiger partial charge is 0.493 e.